The van der Waals surface area contributed by atoms with Crippen LogP contribution in [-0.2, 0) is 4.74 Å². The molecule has 0 radical (unpaired) electrons. The minimum absolute atomic E-state index is 0.0363. The molecule has 5 rings (SSSR count). The van der Waals surface area contributed by atoms with Crippen LogP contribution in [0.2, 0.25) is 0 Å². The molecule has 2 unspecified atom stereocenters. The van der Waals surface area contributed by atoms with Crippen molar-refractivity contribution in [2.24, 2.45) is 11.8 Å². The van der Waals surface area contributed by atoms with Crippen LogP contribution in [-0.4, -0.2) is 46.9 Å². The lowest BCUT2D eigenvalue weighted by Gasteiger charge is -2.42. The molecule has 29 heavy (non-hydrogen) atoms. The van der Waals surface area contributed by atoms with Crippen LogP contribution in [0.15, 0.2) is 30.7 Å². The Bertz CT molecular complexity index is 1100. The molecule has 148 valence electrons. The van der Waals surface area contributed by atoms with E-state index in [1.807, 2.05) is 12.3 Å². The summed E-state index contributed by atoms with van der Waals surface area (Å²) in [6.07, 6.45) is 3.31. The number of benzene rings is 1. The lowest BCUT2D eigenvalue weighted by molar-refractivity contribution is -0.0829. The number of hydrogen-bond acceptors (Lipinski definition) is 6. The minimum Gasteiger partial charge on any atom is -0.473 e. The Morgan fingerprint density at radius 3 is 2.79 bits per heavy atom. The molecule has 1 aromatic carbocycles. The third-order valence-electron chi connectivity index (χ3n) is 5.85. The van der Waals surface area contributed by atoms with E-state index in [9.17, 15) is 9.65 Å². The molecular formula is C21H20FN5O2. The third kappa shape index (κ3) is 2.94. The average Bonchev–Trinajstić information content (AvgIpc) is 3.15. The monoisotopic (exact) mass is 393 g/mol. The van der Waals surface area contributed by atoms with Gasteiger partial charge in [-0.1, -0.05) is 0 Å². The van der Waals surface area contributed by atoms with Crippen molar-refractivity contribution in [1.29, 1.82) is 5.26 Å². The van der Waals surface area contributed by atoms with Gasteiger partial charge in [0.1, 0.15) is 24.3 Å². The number of fused-ring (bicyclic) bond motifs is 3. The quantitative estimate of drug-likeness (QED) is 0.735. The largest absolute Gasteiger partial charge is 0.473 e. The number of nitrogens with zero attached hydrogens (tertiary/aromatic N) is 4. The zero-order valence-corrected chi connectivity index (χ0v) is 15.9. The van der Waals surface area contributed by atoms with E-state index in [0.29, 0.717) is 36.0 Å². The Labute approximate surface area is 167 Å². The van der Waals surface area contributed by atoms with E-state index in [-0.39, 0.29) is 23.5 Å². The number of halogens is 1. The van der Waals surface area contributed by atoms with E-state index in [2.05, 4.69) is 21.4 Å². The van der Waals surface area contributed by atoms with E-state index in [0.717, 1.165) is 18.5 Å². The summed E-state index contributed by atoms with van der Waals surface area (Å²) >= 11 is 0. The molecule has 8 heteroatoms. The van der Waals surface area contributed by atoms with Crippen LogP contribution in [0.3, 0.4) is 0 Å². The van der Waals surface area contributed by atoms with Gasteiger partial charge in [-0.2, -0.15) is 5.26 Å². The maximum atomic E-state index is 13.9. The molecular weight excluding hydrogens is 373 g/mol. The van der Waals surface area contributed by atoms with Crippen molar-refractivity contribution in [3.8, 4) is 17.6 Å². The van der Waals surface area contributed by atoms with Crippen LogP contribution in [0.4, 0.5) is 4.39 Å². The highest BCUT2D eigenvalue weighted by molar-refractivity contribution is 5.83. The van der Waals surface area contributed by atoms with E-state index < -0.39 is 5.82 Å². The molecule has 2 fully saturated rings. The van der Waals surface area contributed by atoms with Crippen LogP contribution in [0.1, 0.15) is 11.1 Å². The molecule has 2 aromatic heterocycles. The first kappa shape index (κ1) is 18.0. The molecule has 0 amide bonds. The van der Waals surface area contributed by atoms with Crippen molar-refractivity contribution >= 4 is 11.0 Å². The number of piperidine rings is 1. The number of hydrogen-bond donors (Lipinski definition) is 1. The van der Waals surface area contributed by atoms with E-state index >= 15 is 0 Å². The zero-order chi connectivity index (χ0) is 20.0. The van der Waals surface area contributed by atoms with Crippen LogP contribution in [0, 0.1) is 35.9 Å². The summed E-state index contributed by atoms with van der Waals surface area (Å²) in [6.45, 7) is 4.66. The summed E-state index contributed by atoms with van der Waals surface area (Å²) in [7, 11) is 0. The third-order valence-corrected chi connectivity index (χ3v) is 5.85. The fourth-order valence-electron chi connectivity index (χ4n) is 4.30. The topological polar surface area (TPSA) is 85.0 Å². The van der Waals surface area contributed by atoms with Crippen molar-refractivity contribution in [3.63, 3.8) is 0 Å². The molecule has 0 aliphatic carbocycles. The van der Waals surface area contributed by atoms with Gasteiger partial charge in [0.15, 0.2) is 5.65 Å². The maximum Gasteiger partial charge on any atom is 0.226 e. The number of aromatic nitrogens is 3. The molecule has 1 N–H and O–H groups in total. The second kappa shape index (κ2) is 7.10. The number of rotatable bonds is 3. The van der Waals surface area contributed by atoms with Crippen molar-refractivity contribution in [1.82, 2.24) is 19.9 Å². The Morgan fingerprint density at radius 1 is 1.24 bits per heavy atom. The van der Waals surface area contributed by atoms with Gasteiger partial charge in [0.25, 0.3) is 0 Å². The van der Waals surface area contributed by atoms with Crippen molar-refractivity contribution in [2.45, 2.75) is 13.0 Å². The Hall–Kier alpha value is -3.02. The smallest absolute Gasteiger partial charge is 0.226 e. The predicted octanol–water partition coefficient (Wildman–Crippen LogP) is 2.35. The van der Waals surface area contributed by atoms with Gasteiger partial charge in [-0.15, -0.1) is 0 Å². The molecule has 2 atom stereocenters. The predicted molar refractivity (Wildman–Crippen MR) is 103 cm³/mol. The summed E-state index contributed by atoms with van der Waals surface area (Å²) in [5.74, 6) is 0.675. The molecule has 2 bridgehead atoms. The van der Waals surface area contributed by atoms with Crippen LogP contribution < -0.4 is 10.1 Å². The van der Waals surface area contributed by atoms with Gasteiger partial charge in [-0.05, 0) is 25.1 Å². The van der Waals surface area contributed by atoms with E-state index in [1.54, 1.807) is 17.6 Å². The molecule has 4 heterocycles. The number of nitriles is 1. The highest BCUT2D eigenvalue weighted by atomic mass is 19.1. The molecule has 0 spiro atoms. The zero-order valence-electron chi connectivity index (χ0n) is 15.9. The second-order valence-electron chi connectivity index (χ2n) is 7.58. The van der Waals surface area contributed by atoms with Crippen molar-refractivity contribution in [2.75, 3.05) is 26.3 Å². The summed E-state index contributed by atoms with van der Waals surface area (Å²) in [4.78, 5) is 8.78. The highest BCUT2D eigenvalue weighted by Gasteiger charge is 2.39. The van der Waals surface area contributed by atoms with Gasteiger partial charge in [0.2, 0.25) is 5.88 Å². The summed E-state index contributed by atoms with van der Waals surface area (Å²) in [6, 6.07) is 6.94. The van der Waals surface area contributed by atoms with Crippen LogP contribution >= 0.6 is 0 Å². The SMILES string of the molecule is Cc1c(F)ccc(-n2ccc3c(OC4C5CNCC4COC5)ncnc32)c1C#N. The summed E-state index contributed by atoms with van der Waals surface area (Å²) in [5.41, 5.74) is 1.81. The summed E-state index contributed by atoms with van der Waals surface area (Å²) < 4.78 is 27.8. The fraction of sp³-hybridized carbons (Fsp3) is 0.381. The first-order chi connectivity index (χ1) is 14.2. The van der Waals surface area contributed by atoms with Gasteiger partial charge in [0, 0.05) is 36.7 Å². The first-order valence-corrected chi connectivity index (χ1v) is 9.64. The van der Waals surface area contributed by atoms with Crippen molar-refractivity contribution < 1.29 is 13.9 Å². The van der Waals surface area contributed by atoms with Gasteiger partial charge >= 0.3 is 0 Å². The average molecular weight is 393 g/mol. The molecule has 3 aromatic rings. The second-order valence-corrected chi connectivity index (χ2v) is 7.58. The van der Waals surface area contributed by atoms with Crippen LogP contribution in [0.5, 0.6) is 5.88 Å². The van der Waals surface area contributed by atoms with E-state index in [1.165, 1.54) is 12.4 Å². The van der Waals surface area contributed by atoms with Gasteiger partial charge < -0.3 is 14.8 Å². The van der Waals surface area contributed by atoms with Crippen molar-refractivity contribution in [3.05, 3.63) is 47.7 Å². The Morgan fingerprint density at radius 2 is 2.03 bits per heavy atom. The molecule has 2 saturated heterocycles. The normalized spacial score (nSPS) is 23.7. The van der Waals surface area contributed by atoms with Crippen LogP contribution in [0.25, 0.3) is 16.7 Å². The van der Waals surface area contributed by atoms with Gasteiger partial charge in [-0.25, -0.2) is 14.4 Å². The Balaban J connectivity index is 1.56. The molecule has 0 saturated carbocycles. The standard InChI is InChI=1S/C21H20FN5O2/c1-12-16(6-23)18(3-2-17(12)22)27-5-4-15-20(27)25-11-26-21(15)29-19-13-7-24-8-14(19)10-28-9-13/h2-5,11,13-14,19,24H,7-10H2,1H3. The van der Waals surface area contributed by atoms with Gasteiger partial charge in [0.05, 0.1) is 29.9 Å². The first-order valence-electron chi connectivity index (χ1n) is 9.64. The molecule has 7 nitrogen and oxygen atoms in total. The fourth-order valence-corrected chi connectivity index (χ4v) is 4.30. The lowest BCUT2D eigenvalue weighted by Crippen LogP contribution is -2.56. The highest BCUT2D eigenvalue weighted by Crippen LogP contribution is 2.32. The van der Waals surface area contributed by atoms with E-state index in [4.69, 9.17) is 9.47 Å². The molecule has 2 aliphatic heterocycles. The van der Waals surface area contributed by atoms with Gasteiger partial charge in [-0.3, -0.25) is 4.57 Å². The molecule has 2 aliphatic rings. The lowest BCUT2D eigenvalue weighted by atomic mass is 9.86. The number of nitrogens with one attached hydrogen (secondary N) is 1. The minimum atomic E-state index is -0.403. The number of ether oxygens (including phenoxy) is 2. The maximum absolute atomic E-state index is 13.9. The Kier molecular flexibility index (Phi) is 4.42. The summed E-state index contributed by atoms with van der Waals surface area (Å²) in [5, 5.41) is 13.7.